The first kappa shape index (κ1) is 12.7. The molecule has 0 aromatic carbocycles. The van der Waals surface area contributed by atoms with Gasteiger partial charge in [-0.05, 0) is 25.7 Å². The van der Waals surface area contributed by atoms with Crippen molar-refractivity contribution in [3.8, 4) is 0 Å². The molecule has 2 N–H and O–H groups in total. The summed E-state index contributed by atoms with van der Waals surface area (Å²) < 4.78 is 40.6. The molecule has 0 aromatic rings. The van der Waals surface area contributed by atoms with Gasteiger partial charge in [0.2, 0.25) is 0 Å². The fourth-order valence-electron chi connectivity index (χ4n) is 1.53. The van der Waals surface area contributed by atoms with Crippen molar-refractivity contribution in [2.24, 2.45) is 0 Å². The van der Waals surface area contributed by atoms with Gasteiger partial charge in [0.15, 0.2) is 6.10 Å². The Bertz CT molecular complexity index is 188. The first-order chi connectivity index (χ1) is 6.89. The van der Waals surface area contributed by atoms with Gasteiger partial charge >= 0.3 is 6.18 Å². The first-order valence-electron chi connectivity index (χ1n) is 4.94. The predicted octanol–water partition coefficient (Wildman–Crippen LogP) is 1.23. The van der Waals surface area contributed by atoms with Gasteiger partial charge in [0.05, 0.1) is 18.8 Å². The number of hydrogen-bond donors (Lipinski definition) is 2. The number of hydrogen-bond acceptors (Lipinski definition) is 3. The van der Waals surface area contributed by atoms with E-state index < -0.39 is 18.9 Å². The van der Waals surface area contributed by atoms with Crippen molar-refractivity contribution in [2.45, 2.75) is 50.2 Å². The highest BCUT2D eigenvalue weighted by atomic mass is 19.4. The summed E-state index contributed by atoms with van der Waals surface area (Å²) in [5.74, 6) is 0. The lowest BCUT2D eigenvalue weighted by Gasteiger charge is -2.26. The average Bonchev–Trinajstić information content (AvgIpc) is 2.15. The summed E-state index contributed by atoms with van der Waals surface area (Å²) in [5, 5.41) is 17.8. The lowest BCUT2D eigenvalue weighted by atomic mass is 9.95. The molecule has 0 bridgehead atoms. The number of ether oxygens (including phenoxy) is 1. The first-order valence-corrected chi connectivity index (χ1v) is 4.94. The number of aliphatic hydroxyl groups excluding tert-OH is 2. The summed E-state index contributed by atoms with van der Waals surface area (Å²) in [4.78, 5) is 0. The molecule has 0 amide bonds. The zero-order valence-electron chi connectivity index (χ0n) is 8.20. The van der Waals surface area contributed by atoms with Crippen molar-refractivity contribution in [1.29, 1.82) is 0 Å². The molecule has 0 aliphatic heterocycles. The quantitative estimate of drug-likeness (QED) is 0.763. The highest BCUT2D eigenvalue weighted by Gasteiger charge is 2.38. The van der Waals surface area contributed by atoms with Gasteiger partial charge in [0.25, 0.3) is 0 Å². The normalized spacial score (nSPS) is 30.2. The smallest absolute Gasteiger partial charge is 0.393 e. The van der Waals surface area contributed by atoms with Crippen LogP contribution in [0.4, 0.5) is 13.2 Å². The molecule has 90 valence electrons. The SMILES string of the molecule is OC1CCC(OCC(O)C(F)(F)F)CC1. The van der Waals surface area contributed by atoms with Crippen molar-refractivity contribution in [3.05, 3.63) is 0 Å². The molecular weight excluding hydrogens is 213 g/mol. The van der Waals surface area contributed by atoms with E-state index in [2.05, 4.69) is 0 Å². The monoisotopic (exact) mass is 228 g/mol. The van der Waals surface area contributed by atoms with Gasteiger partial charge in [-0.25, -0.2) is 0 Å². The molecule has 1 rings (SSSR count). The van der Waals surface area contributed by atoms with Gasteiger partial charge < -0.3 is 14.9 Å². The molecule has 3 nitrogen and oxygen atoms in total. The minimum absolute atomic E-state index is 0.273. The molecule has 0 saturated heterocycles. The molecule has 0 spiro atoms. The molecule has 15 heavy (non-hydrogen) atoms. The molecule has 0 heterocycles. The Hall–Kier alpha value is -0.330. The lowest BCUT2D eigenvalue weighted by molar-refractivity contribution is -0.222. The Kier molecular flexibility index (Phi) is 4.36. The van der Waals surface area contributed by atoms with Gasteiger partial charge in [-0.2, -0.15) is 13.2 Å². The summed E-state index contributed by atoms with van der Waals surface area (Å²) in [5.41, 5.74) is 0. The van der Waals surface area contributed by atoms with Crippen LogP contribution in [-0.2, 0) is 4.74 Å². The van der Waals surface area contributed by atoms with Gasteiger partial charge in [-0.1, -0.05) is 0 Å². The van der Waals surface area contributed by atoms with E-state index in [0.29, 0.717) is 25.7 Å². The molecule has 1 aliphatic carbocycles. The van der Waals surface area contributed by atoms with E-state index in [-0.39, 0.29) is 12.2 Å². The Morgan fingerprint density at radius 2 is 1.73 bits per heavy atom. The van der Waals surface area contributed by atoms with Crippen LogP contribution in [0.3, 0.4) is 0 Å². The number of halogens is 3. The standard InChI is InChI=1S/C9H15F3O3/c10-9(11,12)8(14)5-15-7-3-1-6(13)2-4-7/h6-8,13-14H,1-5H2. The summed E-state index contributed by atoms with van der Waals surface area (Å²) in [6.07, 6.45) is -5.47. The minimum Gasteiger partial charge on any atom is -0.393 e. The molecule has 0 radical (unpaired) electrons. The number of alkyl halides is 3. The van der Waals surface area contributed by atoms with Crippen LogP contribution >= 0.6 is 0 Å². The number of rotatable bonds is 3. The van der Waals surface area contributed by atoms with Crippen LogP contribution in [0, 0.1) is 0 Å². The van der Waals surface area contributed by atoms with Crippen LogP contribution in [-0.4, -0.2) is 41.3 Å². The third kappa shape index (κ3) is 4.36. The van der Waals surface area contributed by atoms with Gasteiger partial charge in [0, 0.05) is 0 Å². The maximum atomic E-state index is 11.9. The predicted molar refractivity (Wildman–Crippen MR) is 46.3 cm³/mol. The second-order valence-electron chi connectivity index (χ2n) is 3.82. The summed E-state index contributed by atoms with van der Waals surface area (Å²) in [6.45, 7) is -0.718. The van der Waals surface area contributed by atoms with E-state index in [1.165, 1.54) is 0 Å². The van der Waals surface area contributed by atoms with E-state index in [1.54, 1.807) is 0 Å². The summed E-state index contributed by atoms with van der Waals surface area (Å²) in [6, 6.07) is 0. The molecule has 1 fully saturated rings. The van der Waals surface area contributed by atoms with Crippen LogP contribution in [0.2, 0.25) is 0 Å². The third-order valence-electron chi connectivity index (χ3n) is 2.51. The molecule has 1 unspecified atom stereocenters. The highest BCUT2D eigenvalue weighted by Crippen LogP contribution is 2.24. The maximum Gasteiger partial charge on any atom is 0.416 e. The number of aliphatic hydroxyl groups is 2. The topological polar surface area (TPSA) is 49.7 Å². The second-order valence-corrected chi connectivity index (χ2v) is 3.82. The second kappa shape index (κ2) is 5.14. The van der Waals surface area contributed by atoms with Crippen molar-refractivity contribution in [1.82, 2.24) is 0 Å². The fourth-order valence-corrected chi connectivity index (χ4v) is 1.53. The molecule has 1 saturated carbocycles. The van der Waals surface area contributed by atoms with Crippen LogP contribution < -0.4 is 0 Å². The fraction of sp³-hybridized carbons (Fsp3) is 1.00. The zero-order chi connectivity index (χ0) is 11.5. The molecule has 1 aliphatic rings. The average molecular weight is 228 g/mol. The van der Waals surface area contributed by atoms with Crippen LogP contribution in [0.25, 0.3) is 0 Å². The Morgan fingerprint density at radius 1 is 1.20 bits per heavy atom. The van der Waals surface area contributed by atoms with E-state index in [4.69, 9.17) is 14.9 Å². The molecular formula is C9H15F3O3. The van der Waals surface area contributed by atoms with E-state index in [9.17, 15) is 13.2 Å². The molecule has 1 atom stereocenters. The Labute approximate surface area is 85.9 Å². The van der Waals surface area contributed by atoms with Crippen LogP contribution in [0.15, 0.2) is 0 Å². The minimum atomic E-state index is -4.62. The van der Waals surface area contributed by atoms with Crippen molar-refractivity contribution >= 4 is 0 Å². The van der Waals surface area contributed by atoms with Gasteiger partial charge in [0.1, 0.15) is 0 Å². The Morgan fingerprint density at radius 3 is 2.20 bits per heavy atom. The lowest BCUT2D eigenvalue weighted by Crippen LogP contribution is -2.35. The van der Waals surface area contributed by atoms with E-state index in [0.717, 1.165) is 0 Å². The van der Waals surface area contributed by atoms with E-state index >= 15 is 0 Å². The van der Waals surface area contributed by atoms with Crippen LogP contribution in [0.5, 0.6) is 0 Å². The molecule has 0 aromatic heterocycles. The summed E-state index contributed by atoms with van der Waals surface area (Å²) in [7, 11) is 0. The van der Waals surface area contributed by atoms with Gasteiger partial charge in [-0.3, -0.25) is 0 Å². The maximum absolute atomic E-state index is 11.9. The van der Waals surface area contributed by atoms with Crippen molar-refractivity contribution in [2.75, 3.05) is 6.61 Å². The van der Waals surface area contributed by atoms with Crippen LogP contribution in [0.1, 0.15) is 25.7 Å². The largest absolute Gasteiger partial charge is 0.416 e. The Balaban J connectivity index is 2.20. The van der Waals surface area contributed by atoms with Crippen molar-refractivity contribution in [3.63, 3.8) is 0 Å². The van der Waals surface area contributed by atoms with Gasteiger partial charge in [-0.15, -0.1) is 0 Å². The zero-order valence-corrected chi connectivity index (χ0v) is 8.20. The molecule has 6 heteroatoms. The van der Waals surface area contributed by atoms with Crippen molar-refractivity contribution < 1.29 is 28.1 Å². The summed E-state index contributed by atoms with van der Waals surface area (Å²) >= 11 is 0. The highest BCUT2D eigenvalue weighted by molar-refractivity contribution is 4.73. The third-order valence-corrected chi connectivity index (χ3v) is 2.51. The van der Waals surface area contributed by atoms with E-state index in [1.807, 2.05) is 0 Å².